The second-order valence-corrected chi connectivity index (χ2v) is 17.4. The number of imide groups is 1. The highest BCUT2D eigenvalue weighted by Crippen LogP contribution is 2.41. The zero-order chi connectivity index (χ0) is 33.0. The molecule has 13 nitrogen and oxygen atoms in total. The first-order valence-electron chi connectivity index (χ1n) is 14.2. The first-order valence-corrected chi connectivity index (χ1v) is 17.1. The summed E-state index contributed by atoms with van der Waals surface area (Å²) >= 11 is 0. The summed E-state index contributed by atoms with van der Waals surface area (Å²) in [4.78, 5) is 78.4. The molecular formula is C29H45N3O10Si. The van der Waals surface area contributed by atoms with E-state index in [0.29, 0.717) is 4.90 Å². The third-order valence-electron chi connectivity index (χ3n) is 8.24. The van der Waals surface area contributed by atoms with E-state index < -0.39 is 74.3 Å². The Bertz CT molecular complexity index is 1180. The van der Waals surface area contributed by atoms with Gasteiger partial charge in [0, 0.05) is 26.9 Å². The van der Waals surface area contributed by atoms with Crippen LogP contribution in [0.2, 0.25) is 18.1 Å². The number of ether oxygens (including phenoxy) is 2. The molecule has 5 atom stereocenters. The largest absolute Gasteiger partial charge is 0.474 e. The van der Waals surface area contributed by atoms with Gasteiger partial charge in [0.25, 0.3) is 0 Å². The first kappa shape index (κ1) is 35.7. The van der Waals surface area contributed by atoms with Gasteiger partial charge >= 0.3 is 24.1 Å². The number of likely N-dealkylation sites (tertiary alicyclic amines) is 2. The van der Waals surface area contributed by atoms with Gasteiger partial charge in [-0.15, -0.1) is 0 Å². The second kappa shape index (κ2) is 13.8. The van der Waals surface area contributed by atoms with Crippen molar-refractivity contribution in [3.8, 4) is 0 Å². The smallest absolute Gasteiger partial charge is 0.410 e. The van der Waals surface area contributed by atoms with Crippen LogP contribution in [0.5, 0.6) is 0 Å². The minimum absolute atomic E-state index is 0.0362. The molecule has 0 aliphatic carbocycles. The van der Waals surface area contributed by atoms with Gasteiger partial charge < -0.3 is 23.9 Å². The molecule has 0 spiro atoms. The van der Waals surface area contributed by atoms with E-state index in [1.807, 2.05) is 33.9 Å². The van der Waals surface area contributed by atoms with E-state index in [2.05, 4.69) is 6.58 Å². The average Bonchev–Trinajstić information content (AvgIpc) is 3.27. The molecule has 2 aliphatic heterocycles. The number of Topliss-reactive ketones (excluding diaryl/α,β-unsaturated/α-hetero) is 1. The highest BCUT2D eigenvalue weighted by molar-refractivity contribution is 6.74. The lowest BCUT2D eigenvalue weighted by Crippen LogP contribution is -2.68. The summed E-state index contributed by atoms with van der Waals surface area (Å²) in [6.07, 6.45) is 0.271. The van der Waals surface area contributed by atoms with E-state index in [1.165, 1.54) is 36.9 Å². The van der Waals surface area contributed by atoms with Crippen LogP contribution in [0.15, 0.2) is 24.3 Å². The van der Waals surface area contributed by atoms with Crippen molar-refractivity contribution in [3.63, 3.8) is 0 Å². The van der Waals surface area contributed by atoms with Crippen LogP contribution in [-0.2, 0) is 33.1 Å². The summed E-state index contributed by atoms with van der Waals surface area (Å²) in [7, 11) is 0.715. The number of carboxylic acid groups (broad SMARTS) is 1. The number of rotatable bonds is 10. The second-order valence-electron chi connectivity index (χ2n) is 12.7. The van der Waals surface area contributed by atoms with Gasteiger partial charge in [0.05, 0.1) is 30.7 Å². The maximum absolute atomic E-state index is 13.5. The average molecular weight is 624 g/mol. The maximum Gasteiger partial charge on any atom is 0.410 e. The standard InChI is InChI=1S/C29H45N3O10Si/c1-11-12-40-28(39)31-16-20(41-27(38)30(7)8)14-19(31)13-17(2)22(33)15-21-23(24(34)32(21)25(35)26(36)37)18(3)42-43(9,10)29(4,5)6/h11,13,18-21,23H,1,12,14-16H2,2-10H3,(H,36,37)/t18-,19-,20-,21-,23-/m1/s1. The summed E-state index contributed by atoms with van der Waals surface area (Å²) < 4.78 is 17.0. The molecule has 0 aromatic heterocycles. The Labute approximate surface area is 253 Å². The number of β-lactam (4-membered cyclic amide) rings is 1. The Morgan fingerprint density at radius 1 is 1.19 bits per heavy atom. The summed E-state index contributed by atoms with van der Waals surface area (Å²) in [5, 5.41) is 9.14. The number of amides is 4. The zero-order valence-electron chi connectivity index (χ0n) is 26.5. The lowest BCUT2D eigenvalue weighted by molar-refractivity contribution is -0.178. The molecular weight excluding hydrogens is 578 g/mol. The summed E-state index contributed by atoms with van der Waals surface area (Å²) in [5.74, 6) is -5.24. The number of hydrogen-bond donors (Lipinski definition) is 1. The van der Waals surface area contributed by atoms with E-state index in [9.17, 15) is 33.9 Å². The first-order chi connectivity index (χ1) is 19.7. The SMILES string of the molecule is C=CCOC(=O)N1C[C@H](OC(=O)N(C)C)C[C@H]1C=C(C)C(=O)C[C@@H]1[C@@H]([C@@H](C)O[Si](C)(C)C(C)(C)C)C(=O)N1C(=O)C(=O)O. The molecule has 14 heteroatoms. The summed E-state index contributed by atoms with van der Waals surface area (Å²) in [5.41, 5.74) is 0.227. The molecule has 2 rings (SSSR count). The zero-order valence-corrected chi connectivity index (χ0v) is 27.5. The van der Waals surface area contributed by atoms with Gasteiger partial charge in [-0.2, -0.15) is 0 Å². The quantitative estimate of drug-likeness (QED) is 0.126. The van der Waals surface area contributed by atoms with E-state index in [4.69, 9.17) is 13.9 Å². The predicted octanol–water partition coefficient (Wildman–Crippen LogP) is 3.20. The molecule has 2 saturated heterocycles. The Morgan fingerprint density at radius 3 is 2.30 bits per heavy atom. The fourth-order valence-electron chi connectivity index (χ4n) is 4.84. The van der Waals surface area contributed by atoms with Crippen LogP contribution in [0, 0.1) is 5.92 Å². The minimum atomic E-state index is -2.35. The number of aliphatic carboxylic acids is 1. The van der Waals surface area contributed by atoms with Gasteiger partial charge in [0.2, 0.25) is 5.91 Å². The number of carbonyl (C=O) groups is 6. The highest BCUT2D eigenvalue weighted by Gasteiger charge is 2.56. The van der Waals surface area contributed by atoms with Gasteiger partial charge in [-0.1, -0.05) is 39.5 Å². The van der Waals surface area contributed by atoms with Crippen LogP contribution < -0.4 is 0 Å². The molecule has 240 valence electrons. The molecule has 43 heavy (non-hydrogen) atoms. The number of carbonyl (C=O) groups excluding carboxylic acids is 5. The van der Waals surface area contributed by atoms with Gasteiger partial charge in [-0.3, -0.25) is 24.2 Å². The lowest BCUT2D eigenvalue weighted by Gasteiger charge is -2.49. The van der Waals surface area contributed by atoms with E-state index in [-0.39, 0.29) is 36.6 Å². The monoisotopic (exact) mass is 623 g/mol. The van der Waals surface area contributed by atoms with Crippen molar-refractivity contribution in [1.29, 1.82) is 0 Å². The van der Waals surface area contributed by atoms with Crippen LogP contribution in [-0.4, -0.2) is 115 Å². The molecule has 0 bridgehead atoms. The molecule has 1 N–H and O–H groups in total. The fourth-order valence-corrected chi connectivity index (χ4v) is 6.27. The van der Waals surface area contributed by atoms with Crippen molar-refractivity contribution in [2.75, 3.05) is 27.2 Å². The van der Waals surface area contributed by atoms with Gasteiger partial charge in [0.1, 0.15) is 12.7 Å². The highest BCUT2D eigenvalue weighted by atomic mass is 28.4. The van der Waals surface area contributed by atoms with E-state index >= 15 is 0 Å². The molecule has 2 fully saturated rings. The van der Waals surface area contributed by atoms with Crippen molar-refractivity contribution in [1.82, 2.24) is 14.7 Å². The van der Waals surface area contributed by atoms with Gasteiger partial charge in [-0.25, -0.2) is 14.4 Å². The third kappa shape index (κ3) is 8.31. The molecule has 4 amide bonds. The van der Waals surface area contributed by atoms with Gasteiger partial charge in [-0.05, 0) is 37.6 Å². The van der Waals surface area contributed by atoms with Crippen LogP contribution in [0.3, 0.4) is 0 Å². The fraction of sp³-hybridized carbons (Fsp3) is 0.655. The van der Waals surface area contributed by atoms with Crippen molar-refractivity contribution < 1.29 is 47.8 Å². The normalized spacial score (nSPS) is 23.3. The third-order valence-corrected chi connectivity index (χ3v) is 12.8. The van der Waals surface area contributed by atoms with Crippen molar-refractivity contribution in [3.05, 3.63) is 24.3 Å². The van der Waals surface area contributed by atoms with Crippen LogP contribution >= 0.6 is 0 Å². The Morgan fingerprint density at radius 2 is 1.79 bits per heavy atom. The molecule has 0 radical (unpaired) electrons. The van der Waals surface area contributed by atoms with Crippen LogP contribution in [0.25, 0.3) is 0 Å². The molecule has 0 saturated carbocycles. The number of carboxylic acids is 1. The van der Waals surface area contributed by atoms with Gasteiger partial charge in [0.15, 0.2) is 14.1 Å². The predicted molar refractivity (Wildman–Crippen MR) is 159 cm³/mol. The summed E-state index contributed by atoms with van der Waals surface area (Å²) in [6.45, 7) is 16.9. The number of nitrogens with zero attached hydrogens (tertiary/aromatic N) is 3. The Kier molecular flexibility index (Phi) is 11.5. The number of hydrogen-bond acceptors (Lipinski definition) is 9. The topological polar surface area (TPSA) is 160 Å². The maximum atomic E-state index is 13.5. The lowest BCUT2D eigenvalue weighted by atomic mass is 9.79. The molecule has 0 unspecified atom stereocenters. The molecule has 2 heterocycles. The van der Waals surface area contributed by atoms with Crippen molar-refractivity contribution in [2.45, 2.75) is 89.9 Å². The Balaban J connectivity index is 2.31. The summed E-state index contributed by atoms with van der Waals surface area (Å²) in [6, 6.07) is -1.67. The number of allylic oxidation sites excluding steroid dienone is 1. The number of ketones is 1. The molecule has 2 aliphatic rings. The van der Waals surface area contributed by atoms with Crippen LogP contribution in [0.4, 0.5) is 9.59 Å². The molecule has 0 aromatic carbocycles. The van der Waals surface area contributed by atoms with Crippen molar-refractivity contribution >= 4 is 44.1 Å². The van der Waals surface area contributed by atoms with Crippen LogP contribution in [0.1, 0.15) is 47.5 Å². The Hall–Kier alpha value is -3.52. The van der Waals surface area contributed by atoms with Crippen molar-refractivity contribution in [2.24, 2.45) is 5.92 Å². The van der Waals surface area contributed by atoms with E-state index in [0.717, 1.165) is 0 Å². The minimum Gasteiger partial charge on any atom is -0.474 e. The van der Waals surface area contributed by atoms with E-state index in [1.54, 1.807) is 13.0 Å². The molecule has 0 aromatic rings.